The van der Waals surface area contributed by atoms with Gasteiger partial charge in [-0.15, -0.1) is 0 Å². The summed E-state index contributed by atoms with van der Waals surface area (Å²) in [7, 11) is 0. The van der Waals surface area contributed by atoms with Crippen LogP contribution in [0, 0.1) is 27.9 Å². The van der Waals surface area contributed by atoms with Crippen molar-refractivity contribution in [1.82, 2.24) is 9.88 Å². The highest BCUT2D eigenvalue weighted by Gasteiger charge is 2.65. The van der Waals surface area contributed by atoms with Crippen molar-refractivity contribution in [2.75, 3.05) is 13.1 Å². The van der Waals surface area contributed by atoms with Crippen molar-refractivity contribution < 1.29 is 9.72 Å². The Morgan fingerprint density at radius 2 is 2.20 bits per heavy atom. The third-order valence-corrected chi connectivity index (χ3v) is 6.86. The predicted molar refractivity (Wildman–Crippen MR) is 92.6 cm³/mol. The van der Waals surface area contributed by atoms with Crippen molar-refractivity contribution in [3.8, 4) is 0 Å². The third kappa shape index (κ3) is 1.77. The van der Waals surface area contributed by atoms with Crippen molar-refractivity contribution in [3.05, 3.63) is 45.6 Å². The Morgan fingerprint density at radius 3 is 3.00 bits per heavy atom. The normalized spacial score (nSPS) is 33.4. The summed E-state index contributed by atoms with van der Waals surface area (Å²) >= 11 is 0. The quantitative estimate of drug-likeness (QED) is 0.675. The molecule has 0 bridgehead atoms. The lowest BCUT2D eigenvalue weighted by atomic mass is 9.77. The molecule has 2 aliphatic heterocycles. The minimum absolute atomic E-state index is 0.0347. The number of hydrogen-bond acceptors (Lipinski definition) is 3. The summed E-state index contributed by atoms with van der Waals surface area (Å²) in [6.07, 6.45) is 2.12. The van der Waals surface area contributed by atoms with Gasteiger partial charge in [-0.3, -0.25) is 14.9 Å². The van der Waals surface area contributed by atoms with Gasteiger partial charge in [0.1, 0.15) is 0 Å². The Bertz CT molecular complexity index is 904. The molecule has 3 heterocycles. The Kier molecular flexibility index (Phi) is 2.89. The smallest absolute Gasteiger partial charge is 0.223 e. The molecule has 6 nitrogen and oxygen atoms in total. The zero-order valence-corrected chi connectivity index (χ0v) is 14.2. The van der Waals surface area contributed by atoms with Crippen LogP contribution in [-0.2, 0) is 16.8 Å². The number of H-pyrrole nitrogens is 1. The monoisotopic (exact) mass is 339 g/mol. The molecule has 4 atom stereocenters. The summed E-state index contributed by atoms with van der Waals surface area (Å²) in [6, 6.07) is 8.28. The van der Waals surface area contributed by atoms with E-state index >= 15 is 0 Å². The van der Waals surface area contributed by atoms with Gasteiger partial charge in [-0.1, -0.05) is 25.1 Å². The average Bonchev–Trinajstić information content (AvgIpc) is 3.16. The number of carbonyl (C=O) groups is 1. The topological polar surface area (TPSA) is 79.2 Å². The van der Waals surface area contributed by atoms with Gasteiger partial charge in [0.25, 0.3) is 0 Å². The highest BCUT2D eigenvalue weighted by molar-refractivity contribution is 5.88. The summed E-state index contributed by atoms with van der Waals surface area (Å²) in [5, 5.41) is 12.4. The lowest BCUT2D eigenvalue weighted by Crippen LogP contribution is -2.49. The van der Waals surface area contributed by atoms with Crippen LogP contribution in [0.3, 0.4) is 0 Å². The van der Waals surface area contributed by atoms with Crippen LogP contribution in [0.25, 0.3) is 10.9 Å². The highest BCUT2D eigenvalue weighted by atomic mass is 16.6. The first kappa shape index (κ1) is 14.9. The molecule has 130 valence electrons. The number of carbonyl (C=O) groups excluding carboxylic acids is 1. The number of fused-ring (bicyclic) bond motifs is 3. The molecule has 1 spiro atoms. The van der Waals surface area contributed by atoms with E-state index in [1.807, 2.05) is 17.0 Å². The largest absolute Gasteiger partial charge is 0.356 e. The molecule has 1 aromatic carbocycles. The molecule has 0 unspecified atom stereocenters. The third-order valence-electron chi connectivity index (χ3n) is 6.86. The van der Waals surface area contributed by atoms with Crippen LogP contribution in [0.15, 0.2) is 24.3 Å². The number of amides is 1. The highest BCUT2D eigenvalue weighted by Crippen LogP contribution is 2.61. The van der Waals surface area contributed by atoms with Crippen LogP contribution in [0.1, 0.15) is 31.0 Å². The van der Waals surface area contributed by atoms with E-state index in [0.717, 1.165) is 30.6 Å². The molecule has 3 aliphatic rings. The maximum atomic E-state index is 12.7. The number of hydrogen-bond donors (Lipinski definition) is 1. The molecular formula is C19H21N3O3. The molecule has 1 N–H and O–H groups in total. The zero-order chi connectivity index (χ0) is 17.3. The Balaban J connectivity index is 1.72. The van der Waals surface area contributed by atoms with Crippen molar-refractivity contribution >= 4 is 16.8 Å². The van der Waals surface area contributed by atoms with Gasteiger partial charge in [0.05, 0.1) is 5.54 Å². The van der Waals surface area contributed by atoms with E-state index < -0.39 is 0 Å². The summed E-state index contributed by atoms with van der Waals surface area (Å²) < 4.78 is 0. The summed E-state index contributed by atoms with van der Waals surface area (Å²) in [4.78, 5) is 29.4. The first-order valence-electron chi connectivity index (χ1n) is 9.04. The second-order valence-corrected chi connectivity index (χ2v) is 7.91. The number of aromatic nitrogens is 1. The molecule has 6 heteroatoms. The van der Waals surface area contributed by atoms with E-state index in [1.165, 1.54) is 10.9 Å². The maximum absolute atomic E-state index is 12.7. The van der Waals surface area contributed by atoms with E-state index in [0.29, 0.717) is 6.42 Å². The number of para-hydroxylation sites is 1. The molecule has 1 amide bonds. The van der Waals surface area contributed by atoms with Crippen LogP contribution in [0.2, 0.25) is 0 Å². The van der Waals surface area contributed by atoms with Gasteiger partial charge in [-0.2, -0.15) is 0 Å². The number of nitrogens with one attached hydrogen (secondary N) is 1. The van der Waals surface area contributed by atoms with Gasteiger partial charge in [0.15, 0.2) is 0 Å². The molecule has 0 radical (unpaired) electrons. The maximum Gasteiger partial charge on any atom is 0.223 e. The van der Waals surface area contributed by atoms with E-state index in [1.54, 1.807) is 0 Å². The Morgan fingerprint density at radius 1 is 1.40 bits per heavy atom. The summed E-state index contributed by atoms with van der Waals surface area (Å²) in [5.74, 6) is 0.395. The lowest BCUT2D eigenvalue weighted by molar-refractivity contribution is -0.491. The standard InChI is InChI=1S/C19H21N3O3/c1-11-9-19-15(14(11)10-22(24)25)8-17(23)21(19)7-6-13-12-4-2-3-5-16(12)20-18(13)19/h2-5,11,14-15,20H,6-10H2,1H3/t11-,14+,15-,19+/m0/s1. The van der Waals surface area contributed by atoms with Crippen LogP contribution >= 0.6 is 0 Å². The molecule has 1 saturated carbocycles. The molecule has 2 aromatic rings. The number of benzene rings is 1. The minimum atomic E-state index is -0.371. The van der Waals surface area contributed by atoms with Gasteiger partial charge < -0.3 is 9.88 Å². The number of aromatic amines is 1. The van der Waals surface area contributed by atoms with Gasteiger partial charge in [-0.05, 0) is 30.4 Å². The van der Waals surface area contributed by atoms with E-state index in [4.69, 9.17) is 0 Å². The molecule has 2 fully saturated rings. The minimum Gasteiger partial charge on any atom is -0.356 e. The molecule has 1 saturated heterocycles. The number of nitrogens with zero attached hydrogens (tertiary/aromatic N) is 2. The molecule has 1 aromatic heterocycles. The van der Waals surface area contributed by atoms with Crippen molar-refractivity contribution in [2.45, 2.75) is 31.7 Å². The number of nitro groups is 1. The lowest BCUT2D eigenvalue weighted by Gasteiger charge is -2.43. The van der Waals surface area contributed by atoms with Crippen LogP contribution < -0.4 is 0 Å². The molecule has 25 heavy (non-hydrogen) atoms. The average molecular weight is 339 g/mol. The van der Waals surface area contributed by atoms with Crippen molar-refractivity contribution in [1.29, 1.82) is 0 Å². The summed E-state index contributed by atoms with van der Waals surface area (Å²) in [5.41, 5.74) is 3.19. The SMILES string of the molecule is C[C@H]1C[C@@]23c4[nH]c5ccccc5c4CCN2C(=O)C[C@H]3[C@@H]1C[N+](=O)[O-]. The zero-order valence-electron chi connectivity index (χ0n) is 14.2. The summed E-state index contributed by atoms with van der Waals surface area (Å²) in [6.45, 7) is 2.80. The van der Waals surface area contributed by atoms with Crippen LogP contribution in [-0.4, -0.2) is 33.8 Å². The fourth-order valence-electron chi connectivity index (χ4n) is 5.97. The number of rotatable bonds is 2. The van der Waals surface area contributed by atoms with Crippen LogP contribution in [0.4, 0.5) is 0 Å². The van der Waals surface area contributed by atoms with E-state index in [2.05, 4.69) is 24.0 Å². The van der Waals surface area contributed by atoms with Crippen LogP contribution in [0.5, 0.6) is 0 Å². The second kappa shape index (κ2) is 4.84. The fraction of sp³-hybridized carbons (Fsp3) is 0.526. The molecule has 5 rings (SSSR count). The fourth-order valence-corrected chi connectivity index (χ4v) is 5.97. The predicted octanol–water partition coefficient (Wildman–Crippen LogP) is 2.70. The van der Waals surface area contributed by atoms with Gasteiger partial charge in [-0.25, -0.2) is 0 Å². The van der Waals surface area contributed by atoms with Crippen molar-refractivity contribution in [2.24, 2.45) is 17.8 Å². The molecule has 1 aliphatic carbocycles. The van der Waals surface area contributed by atoms with Gasteiger partial charge in [0.2, 0.25) is 12.5 Å². The van der Waals surface area contributed by atoms with Gasteiger partial charge >= 0.3 is 0 Å². The Hall–Kier alpha value is -2.37. The van der Waals surface area contributed by atoms with Gasteiger partial charge in [0, 0.05) is 46.3 Å². The molecular weight excluding hydrogens is 318 g/mol. The van der Waals surface area contributed by atoms with Crippen molar-refractivity contribution in [3.63, 3.8) is 0 Å². The first-order valence-corrected chi connectivity index (χ1v) is 9.04. The van der Waals surface area contributed by atoms with E-state index in [9.17, 15) is 14.9 Å². The first-order chi connectivity index (χ1) is 12.0. The van der Waals surface area contributed by atoms with E-state index in [-0.39, 0.29) is 40.7 Å². The Labute approximate surface area is 145 Å². The second-order valence-electron chi connectivity index (χ2n) is 7.91.